The van der Waals surface area contributed by atoms with Gasteiger partial charge in [-0.25, -0.2) is 0 Å². The quantitative estimate of drug-likeness (QED) is 0.507. The smallest absolute Gasteiger partial charge is 0.236 e. The van der Waals surface area contributed by atoms with E-state index in [0.29, 0.717) is 34.7 Å². The molecule has 1 aromatic heterocycles. The topological polar surface area (TPSA) is 78.4 Å². The van der Waals surface area contributed by atoms with Crippen molar-refractivity contribution in [3.63, 3.8) is 0 Å². The summed E-state index contributed by atoms with van der Waals surface area (Å²) in [6.07, 6.45) is 5.36. The molecule has 0 unspecified atom stereocenters. The third-order valence-corrected chi connectivity index (χ3v) is 5.96. The highest BCUT2D eigenvalue weighted by atomic mass is 35.5. The average Bonchev–Trinajstić information content (AvgIpc) is 2.81. The maximum atomic E-state index is 6.37. The van der Waals surface area contributed by atoms with Crippen LogP contribution in [0.5, 0.6) is 5.75 Å². The second-order valence-electron chi connectivity index (χ2n) is 8.15. The molecule has 176 valence electrons. The minimum atomic E-state index is 0.357. The number of methoxy groups -OCH3 is 1. The summed E-state index contributed by atoms with van der Waals surface area (Å²) in [7, 11) is 3.56. The van der Waals surface area contributed by atoms with Gasteiger partial charge in [-0.1, -0.05) is 31.9 Å². The van der Waals surface area contributed by atoms with Crippen molar-refractivity contribution < 1.29 is 4.74 Å². The molecule has 0 bridgehead atoms. The Labute approximate surface area is 196 Å². The predicted molar refractivity (Wildman–Crippen MR) is 133 cm³/mol. The van der Waals surface area contributed by atoms with Gasteiger partial charge in [-0.2, -0.15) is 15.0 Å². The van der Waals surface area contributed by atoms with Gasteiger partial charge in [0.15, 0.2) is 0 Å². The lowest BCUT2D eigenvalue weighted by Gasteiger charge is -2.27. The van der Waals surface area contributed by atoms with Crippen LogP contribution in [-0.4, -0.2) is 61.3 Å². The second kappa shape index (κ2) is 12.1. The van der Waals surface area contributed by atoms with E-state index >= 15 is 0 Å². The molecule has 0 atom stereocenters. The lowest BCUT2D eigenvalue weighted by molar-refractivity contribution is 0.415. The van der Waals surface area contributed by atoms with E-state index in [-0.39, 0.29) is 0 Å². The minimum absolute atomic E-state index is 0.357. The summed E-state index contributed by atoms with van der Waals surface area (Å²) < 4.78 is 5.29. The van der Waals surface area contributed by atoms with E-state index in [2.05, 4.69) is 29.4 Å². The number of unbranched alkanes of at least 4 members (excludes halogenated alkanes) is 1. The Morgan fingerprint density at radius 3 is 2.50 bits per heavy atom. The summed E-state index contributed by atoms with van der Waals surface area (Å²) >= 11 is 6.37. The number of hydrogen-bond donors (Lipinski definition) is 2. The van der Waals surface area contributed by atoms with Crippen molar-refractivity contribution >= 4 is 35.1 Å². The summed E-state index contributed by atoms with van der Waals surface area (Å²) in [5.74, 6) is 2.57. The van der Waals surface area contributed by atoms with Gasteiger partial charge in [0.25, 0.3) is 0 Å². The van der Waals surface area contributed by atoms with Crippen LogP contribution in [0.4, 0.5) is 23.5 Å². The summed E-state index contributed by atoms with van der Waals surface area (Å²) in [5.41, 5.74) is 0.886. The van der Waals surface area contributed by atoms with Crippen molar-refractivity contribution in [3.8, 4) is 5.75 Å². The van der Waals surface area contributed by atoms with Crippen LogP contribution in [0.15, 0.2) is 18.2 Å². The maximum Gasteiger partial charge on any atom is 0.236 e. The Hall–Kier alpha value is -2.32. The van der Waals surface area contributed by atoms with E-state index < -0.39 is 0 Å². The molecule has 9 heteroatoms. The van der Waals surface area contributed by atoms with Gasteiger partial charge in [-0.05, 0) is 57.0 Å². The molecule has 0 aliphatic carbocycles. The number of aromatic nitrogens is 3. The first kappa shape index (κ1) is 24.3. The maximum absolute atomic E-state index is 6.37. The number of rotatable bonds is 11. The van der Waals surface area contributed by atoms with Crippen LogP contribution >= 0.6 is 11.6 Å². The molecule has 1 aliphatic heterocycles. The molecule has 0 amide bonds. The zero-order valence-electron chi connectivity index (χ0n) is 19.7. The van der Waals surface area contributed by atoms with Gasteiger partial charge in [0.2, 0.25) is 17.8 Å². The zero-order valence-corrected chi connectivity index (χ0v) is 20.5. The standard InChI is InChI=1S/C23H36ClN7O/c1-5-7-15-31(14-6-2)23-28-21(26-17-10-12-25-13-11-17)27-22(29-23)30(3)18-8-9-20(32-4)19(24)16-18/h8-9,16-17,25H,5-7,10-15H2,1-4H3,(H,26,27,28,29). The molecular weight excluding hydrogens is 426 g/mol. The fourth-order valence-corrected chi connectivity index (χ4v) is 4.02. The normalized spacial score (nSPS) is 14.3. The average molecular weight is 462 g/mol. The Balaban J connectivity index is 1.94. The first-order valence-electron chi connectivity index (χ1n) is 11.6. The first-order chi connectivity index (χ1) is 15.5. The van der Waals surface area contributed by atoms with Crippen LogP contribution in [0.2, 0.25) is 5.02 Å². The Morgan fingerprint density at radius 1 is 1.09 bits per heavy atom. The number of benzene rings is 1. The molecule has 8 nitrogen and oxygen atoms in total. The monoisotopic (exact) mass is 461 g/mol. The number of ether oxygens (including phenoxy) is 1. The molecule has 0 spiro atoms. The SMILES string of the molecule is CCCCN(CCC)c1nc(NC2CCNCC2)nc(N(C)c2ccc(OC)c(Cl)c2)n1. The van der Waals surface area contributed by atoms with E-state index in [9.17, 15) is 0 Å². The minimum Gasteiger partial charge on any atom is -0.495 e. The van der Waals surface area contributed by atoms with E-state index in [4.69, 9.17) is 31.3 Å². The lowest BCUT2D eigenvalue weighted by atomic mass is 10.1. The van der Waals surface area contributed by atoms with E-state index in [1.807, 2.05) is 30.1 Å². The summed E-state index contributed by atoms with van der Waals surface area (Å²) in [6, 6.07) is 6.03. The molecule has 2 N–H and O–H groups in total. The van der Waals surface area contributed by atoms with E-state index in [0.717, 1.165) is 64.0 Å². The third kappa shape index (κ3) is 6.36. The highest BCUT2D eigenvalue weighted by Crippen LogP contribution is 2.31. The molecule has 0 radical (unpaired) electrons. The molecule has 2 heterocycles. The third-order valence-electron chi connectivity index (χ3n) is 5.66. The number of halogens is 1. The van der Waals surface area contributed by atoms with Crippen molar-refractivity contribution in [3.05, 3.63) is 23.2 Å². The lowest BCUT2D eigenvalue weighted by Crippen LogP contribution is -2.36. The molecule has 0 saturated carbocycles. The van der Waals surface area contributed by atoms with Crippen molar-refractivity contribution in [2.24, 2.45) is 0 Å². The predicted octanol–water partition coefficient (Wildman–Crippen LogP) is 4.48. The summed E-state index contributed by atoms with van der Waals surface area (Å²) in [5, 5.41) is 7.50. The van der Waals surface area contributed by atoms with Crippen molar-refractivity contribution in [2.75, 3.05) is 55.5 Å². The van der Waals surface area contributed by atoms with Gasteiger partial charge < -0.3 is 25.2 Å². The van der Waals surface area contributed by atoms with Crippen LogP contribution < -0.4 is 25.2 Å². The highest BCUT2D eigenvalue weighted by Gasteiger charge is 2.20. The number of piperidine rings is 1. The molecule has 1 aliphatic rings. The van der Waals surface area contributed by atoms with Gasteiger partial charge >= 0.3 is 0 Å². The first-order valence-corrected chi connectivity index (χ1v) is 12.0. The van der Waals surface area contributed by atoms with E-state index in [1.165, 1.54) is 0 Å². The van der Waals surface area contributed by atoms with Crippen LogP contribution in [0, 0.1) is 0 Å². The van der Waals surface area contributed by atoms with Gasteiger partial charge in [0.05, 0.1) is 12.1 Å². The van der Waals surface area contributed by atoms with E-state index in [1.54, 1.807) is 7.11 Å². The number of anilines is 4. The number of nitrogens with zero attached hydrogens (tertiary/aromatic N) is 5. The fourth-order valence-electron chi connectivity index (χ4n) is 3.77. The van der Waals surface area contributed by atoms with Crippen LogP contribution in [0.1, 0.15) is 46.0 Å². The fraction of sp³-hybridized carbons (Fsp3) is 0.609. The molecule has 2 aromatic rings. The van der Waals surface area contributed by atoms with Crippen LogP contribution in [0.3, 0.4) is 0 Å². The Morgan fingerprint density at radius 2 is 1.84 bits per heavy atom. The second-order valence-corrected chi connectivity index (χ2v) is 8.55. The number of nitrogens with one attached hydrogen (secondary N) is 2. The van der Waals surface area contributed by atoms with Gasteiger partial charge in [-0.15, -0.1) is 0 Å². The Kier molecular flexibility index (Phi) is 9.17. The largest absolute Gasteiger partial charge is 0.495 e. The van der Waals surface area contributed by atoms with Gasteiger partial charge in [-0.3, -0.25) is 0 Å². The zero-order chi connectivity index (χ0) is 22.9. The molecule has 32 heavy (non-hydrogen) atoms. The molecule has 1 aromatic carbocycles. The van der Waals surface area contributed by atoms with Crippen LogP contribution in [-0.2, 0) is 0 Å². The molecule has 3 rings (SSSR count). The molecular formula is C23H36ClN7O. The summed E-state index contributed by atoms with van der Waals surface area (Å²) in [6.45, 7) is 8.23. The van der Waals surface area contributed by atoms with Crippen molar-refractivity contribution in [1.82, 2.24) is 20.3 Å². The highest BCUT2D eigenvalue weighted by molar-refractivity contribution is 6.32. The summed E-state index contributed by atoms with van der Waals surface area (Å²) in [4.78, 5) is 18.6. The van der Waals surface area contributed by atoms with Crippen molar-refractivity contribution in [1.29, 1.82) is 0 Å². The molecule has 1 saturated heterocycles. The number of hydrogen-bond acceptors (Lipinski definition) is 8. The van der Waals surface area contributed by atoms with Crippen LogP contribution in [0.25, 0.3) is 0 Å². The van der Waals surface area contributed by atoms with Gasteiger partial charge in [0, 0.05) is 31.9 Å². The Bertz CT molecular complexity index is 860. The molecule has 1 fully saturated rings. The van der Waals surface area contributed by atoms with Gasteiger partial charge in [0.1, 0.15) is 5.75 Å². The van der Waals surface area contributed by atoms with Crippen molar-refractivity contribution in [2.45, 2.75) is 52.0 Å².